The van der Waals surface area contributed by atoms with Crippen LogP contribution in [0, 0.1) is 37.5 Å². The molecule has 1 aromatic rings. The van der Waals surface area contributed by atoms with E-state index in [-0.39, 0.29) is 12.3 Å². The highest BCUT2D eigenvalue weighted by atomic mass is 17.0. The van der Waals surface area contributed by atoms with Gasteiger partial charge in [-0.3, -0.25) is 4.79 Å². The first-order valence-corrected chi connectivity index (χ1v) is 10.2. The van der Waals surface area contributed by atoms with Crippen LogP contribution in [0.3, 0.4) is 0 Å². The summed E-state index contributed by atoms with van der Waals surface area (Å²) in [6.45, 7) is 3.11. The predicted octanol–water partition coefficient (Wildman–Crippen LogP) is 2.34. The Hall–Kier alpha value is -2.95. The molecule has 0 amide bonds. The van der Waals surface area contributed by atoms with Crippen LogP contribution in [-0.4, -0.2) is 33.5 Å². The molecule has 0 spiro atoms. The Morgan fingerprint density at radius 3 is 2.42 bits per heavy atom. The minimum atomic E-state index is -1.65. The van der Waals surface area contributed by atoms with Crippen molar-refractivity contribution in [3.05, 3.63) is 49.6 Å². The minimum absolute atomic E-state index is 0.0370. The van der Waals surface area contributed by atoms with E-state index in [0.717, 1.165) is 5.56 Å². The van der Waals surface area contributed by atoms with Crippen LogP contribution in [0.5, 0.6) is 5.75 Å². The third kappa shape index (κ3) is 3.36. The number of aryl methyl sites for hydroxylation is 1. The van der Waals surface area contributed by atoms with E-state index in [2.05, 4.69) is 0 Å². The van der Waals surface area contributed by atoms with Gasteiger partial charge in [-0.05, 0) is 72.6 Å². The van der Waals surface area contributed by atoms with Gasteiger partial charge in [0.1, 0.15) is 23.6 Å². The zero-order valence-electron chi connectivity index (χ0n) is 17.2. The Bertz CT molecular complexity index is 937. The summed E-state index contributed by atoms with van der Waals surface area (Å²) >= 11 is 0. The summed E-state index contributed by atoms with van der Waals surface area (Å²) < 4.78 is 5.14. The highest BCUT2D eigenvalue weighted by Crippen LogP contribution is 2.63. The fourth-order valence-corrected chi connectivity index (χ4v) is 6.27. The first kappa shape index (κ1) is 21.3. The van der Waals surface area contributed by atoms with Crippen molar-refractivity contribution in [1.29, 1.82) is 0 Å². The van der Waals surface area contributed by atoms with Gasteiger partial charge >= 0.3 is 5.97 Å². The first-order valence-electron chi connectivity index (χ1n) is 10.2. The standard InChI is InChI=1S/C20H24N2O9/c1-11(23)29-13-4-6-14-12(9-13)3-5-16-15-7-8-17(30-21(25)26)19(15,2)10-18(20(14,16)24)31-22(27)28/h4,6,9,15-18,24H,3,5,7-8,10H2,1-2H3/t15-,16-,17-,18-,19-,20-/m0/s1. The summed E-state index contributed by atoms with van der Waals surface area (Å²) in [6, 6.07) is 4.83. The highest BCUT2D eigenvalue weighted by molar-refractivity contribution is 5.69. The molecule has 0 aromatic heterocycles. The molecule has 3 aliphatic rings. The summed E-state index contributed by atoms with van der Waals surface area (Å²) in [6.07, 6.45) is 0.207. The third-order valence-electron chi connectivity index (χ3n) is 7.41. The Kier molecular flexibility index (Phi) is 5.03. The van der Waals surface area contributed by atoms with Gasteiger partial charge in [-0.1, -0.05) is 13.0 Å². The Morgan fingerprint density at radius 2 is 1.77 bits per heavy atom. The molecule has 0 saturated heterocycles. The van der Waals surface area contributed by atoms with Crippen LogP contribution in [0.4, 0.5) is 0 Å². The lowest BCUT2D eigenvalue weighted by atomic mass is 9.52. The van der Waals surface area contributed by atoms with E-state index in [1.54, 1.807) is 18.2 Å². The molecule has 2 fully saturated rings. The first-order chi connectivity index (χ1) is 14.6. The maximum Gasteiger partial charge on any atom is 0.308 e. The monoisotopic (exact) mass is 436 g/mol. The van der Waals surface area contributed by atoms with Crippen LogP contribution in [0.2, 0.25) is 0 Å². The number of carbonyl (C=O) groups excluding carboxylic acids is 1. The molecule has 0 bridgehead atoms. The van der Waals surface area contributed by atoms with Crippen molar-refractivity contribution in [2.24, 2.45) is 17.3 Å². The van der Waals surface area contributed by atoms with Gasteiger partial charge in [0, 0.05) is 6.92 Å². The van der Waals surface area contributed by atoms with Crippen molar-refractivity contribution in [2.75, 3.05) is 0 Å². The molecule has 0 heterocycles. The number of hydrogen-bond acceptors (Lipinski definition) is 9. The van der Waals surface area contributed by atoms with Crippen LogP contribution in [0.25, 0.3) is 0 Å². The number of esters is 1. The van der Waals surface area contributed by atoms with Crippen LogP contribution < -0.4 is 4.74 Å². The van der Waals surface area contributed by atoms with Gasteiger partial charge in [0.25, 0.3) is 10.2 Å². The molecule has 0 aliphatic heterocycles. The SMILES string of the molecule is CC(=O)Oc1ccc2c(c1)CC[C@H]1[C@@H]3CC[C@H](O[N+](=O)[O-])[C@@]3(C)C[C@H](O[N+](=O)[O-])[C@]21O. The van der Waals surface area contributed by atoms with E-state index < -0.39 is 45.3 Å². The summed E-state index contributed by atoms with van der Waals surface area (Å²) in [7, 11) is 0. The maximum absolute atomic E-state index is 11.9. The van der Waals surface area contributed by atoms with E-state index >= 15 is 0 Å². The molecule has 168 valence electrons. The average molecular weight is 436 g/mol. The van der Waals surface area contributed by atoms with Crippen molar-refractivity contribution >= 4 is 5.97 Å². The molecule has 0 radical (unpaired) electrons. The van der Waals surface area contributed by atoms with Gasteiger partial charge < -0.3 is 19.5 Å². The zero-order chi connectivity index (χ0) is 22.6. The van der Waals surface area contributed by atoms with Crippen molar-refractivity contribution < 1.29 is 34.5 Å². The normalized spacial score (nSPS) is 35.8. The van der Waals surface area contributed by atoms with E-state index in [1.807, 2.05) is 6.92 Å². The fourth-order valence-electron chi connectivity index (χ4n) is 6.27. The number of benzene rings is 1. The van der Waals surface area contributed by atoms with Crippen molar-refractivity contribution in [2.45, 2.75) is 63.8 Å². The maximum atomic E-state index is 11.9. The number of ether oxygens (including phenoxy) is 1. The Morgan fingerprint density at radius 1 is 1.10 bits per heavy atom. The smallest absolute Gasteiger partial charge is 0.308 e. The summed E-state index contributed by atoms with van der Waals surface area (Å²) in [5, 5.41) is 32.5. The fraction of sp³-hybridized carbons (Fsp3) is 0.650. The van der Waals surface area contributed by atoms with Crippen LogP contribution in [-0.2, 0) is 26.5 Å². The van der Waals surface area contributed by atoms with Gasteiger partial charge in [0.2, 0.25) is 0 Å². The van der Waals surface area contributed by atoms with Crippen molar-refractivity contribution in [3.8, 4) is 5.75 Å². The number of nitrogens with zero attached hydrogens (tertiary/aromatic N) is 2. The lowest BCUT2D eigenvalue weighted by Gasteiger charge is -2.57. The lowest BCUT2D eigenvalue weighted by molar-refractivity contribution is -0.780. The number of rotatable bonds is 5. The molecular formula is C20H24N2O9. The molecule has 2 saturated carbocycles. The van der Waals surface area contributed by atoms with Crippen molar-refractivity contribution in [1.82, 2.24) is 0 Å². The Labute approximate surface area is 177 Å². The molecule has 11 heteroatoms. The van der Waals surface area contributed by atoms with Crippen LogP contribution in [0.15, 0.2) is 18.2 Å². The average Bonchev–Trinajstić information content (AvgIpc) is 2.96. The van der Waals surface area contributed by atoms with Crippen LogP contribution >= 0.6 is 0 Å². The second kappa shape index (κ2) is 7.33. The topological polar surface area (TPSA) is 151 Å². The van der Waals surface area contributed by atoms with Gasteiger partial charge in [-0.15, -0.1) is 20.2 Å². The molecule has 6 atom stereocenters. The lowest BCUT2D eigenvalue weighted by Crippen LogP contribution is -2.61. The third-order valence-corrected chi connectivity index (χ3v) is 7.41. The molecule has 1 N–H and O–H groups in total. The second-order valence-electron chi connectivity index (χ2n) is 8.91. The zero-order valence-corrected chi connectivity index (χ0v) is 17.2. The number of carbonyl (C=O) groups is 1. The van der Waals surface area contributed by atoms with Gasteiger partial charge in [-0.2, -0.15) is 0 Å². The molecule has 0 unspecified atom stereocenters. The minimum Gasteiger partial charge on any atom is -0.427 e. The highest BCUT2D eigenvalue weighted by Gasteiger charge is 2.65. The largest absolute Gasteiger partial charge is 0.427 e. The number of fused-ring (bicyclic) bond motifs is 5. The predicted molar refractivity (Wildman–Crippen MR) is 103 cm³/mol. The molecule has 1 aromatic carbocycles. The summed E-state index contributed by atoms with van der Waals surface area (Å²) in [5.74, 6) is -0.668. The van der Waals surface area contributed by atoms with Gasteiger partial charge in [0.05, 0.1) is 0 Å². The van der Waals surface area contributed by atoms with E-state index in [9.17, 15) is 30.1 Å². The molecule has 3 aliphatic carbocycles. The summed E-state index contributed by atoms with van der Waals surface area (Å²) in [5.41, 5.74) is -1.16. The number of hydrogen-bond donors (Lipinski definition) is 1. The quantitative estimate of drug-likeness (QED) is 0.317. The van der Waals surface area contributed by atoms with Crippen LogP contribution in [0.1, 0.15) is 50.7 Å². The summed E-state index contributed by atoms with van der Waals surface area (Å²) in [4.78, 5) is 43.5. The Balaban J connectivity index is 1.77. The van der Waals surface area contributed by atoms with E-state index in [0.29, 0.717) is 37.0 Å². The molecule has 4 rings (SSSR count). The van der Waals surface area contributed by atoms with Crippen molar-refractivity contribution in [3.63, 3.8) is 0 Å². The molecular weight excluding hydrogens is 412 g/mol. The second-order valence-corrected chi connectivity index (χ2v) is 8.91. The molecule has 11 nitrogen and oxygen atoms in total. The number of aliphatic hydroxyl groups is 1. The van der Waals surface area contributed by atoms with E-state index in [4.69, 9.17) is 14.4 Å². The molecule has 31 heavy (non-hydrogen) atoms. The van der Waals surface area contributed by atoms with Gasteiger partial charge in [-0.25, -0.2) is 0 Å². The van der Waals surface area contributed by atoms with Gasteiger partial charge in [0.15, 0.2) is 0 Å². The van der Waals surface area contributed by atoms with E-state index in [1.165, 1.54) is 6.92 Å².